The Balaban J connectivity index is 0.000000181. The maximum Gasteiger partial charge on any atom is 0.410 e. The number of benzene rings is 6. The second-order valence-corrected chi connectivity index (χ2v) is 33.9. The van der Waals surface area contributed by atoms with Crippen LogP contribution in [0.2, 0.25) is 0 Å². The number of nitrogens with zero attached hydrogens (tertiary/aromatic N) is 10. The number of carbonyl (C=O) groups is 9. The van der Waals surface area contributed by atoms with E-state index in [4.69, 9.17) is 29.3 Å². The van der Waals surface area contributed by atoms with Gasteiger partial charge in [-0.3, -0.25) is 29.3 Å². The third-order valence-corrected chi connectivity index (χ3v) is 23.5. The number of hydrogen-bond acceptors (Lipinski definition) is 19. The van der Waals surface area contributed by atoms with E-state index in [0.29, 0.717) is 49.0 Å². The number of hydrogen-bond donors (Lipinski definition) is 10. The molecule has 6 aromatic heterocycles. The molecule has 0 spiro atoms. The first-order valence-corrected chi connectivity index (χ1v) is 43.1. The fourth-order valence-corrected chi connectivity index (χ4v) is 16.9. The highest BCUT2D eigenvalue weighted by Gasteiger charge is 2.42. The van der Waals surface area contributed by atoms with Gasteiger partial charge in [0.2, 0.25) is 11.8 Å². The quantitative estimate of drug-likeness (QED) is 0.0282. The topological polar surface area (TPSA) is 433 Å². The van der Waals surface area contributed by atoms with Gasteiger partial charge in [0.1, 0.15) is 47.0 Å². The summed E-state index contributed by atoms with van der Waals surface area (Å²) < 4.78 is 19.5. The summed E-state index contributed by atoms with van der Waals surface area (Å²) in [5.41, 5.74) is 12.2. The molecule has 0 bridgehead atoms. The molecule has 4 aliphatic heterocycles. The number of carboxylic acids is 1. The first-order valence-electron chi connectivity index (χ1n) is 43.1. The van der Waals surface area contributed by atoms with E-state index in [0.717, 1.165) is 159 Å². The largest absolute Gasteiger partial charge is 0.479 e. The predicted octanol–water partition coefficient (Wildman–Crippen LogP) is 16.4. The zero-order chi connectivity index (χ0) is 91.3. The summed E-state index contributed by atoms with van der Waals surface area (Å²) in [6.07, 6.45) is 16.2. The van der Waals surface area contributed by atoms with E-state index in [9.17, 15) is 48.3 Å². The Morgan fingerprint density at radius 2 is 0.705 bits per heavy atom. The van der Waals surface area contributed by atoms with E-state index in [-0.39, 0.29) is 59.8 Å². The number of likely N-dealkylation sites (tertiary alicyclic amines) is 4. The van der Waals surface area contributed by atoms with Gasteiger partial charge in [-0.2, -0.15) is 0 Å². The molecule has 12 aromatic rings. The molecule has 10 N–H and O–H groups in total. The average Bonchev–Trinajstić information content (AvgIpc) is 1.71. The minimum absolute atomic E-state index is 0.109. The maximum atomic E-state index is 13.9. The van der Waals surface area contributed by atoms with Gasteiger partial charge in [0, 0.05) is 73.2 Å². The van der Waals surface area contributed by atoms with Crippen molar-refractivity contribution in [1.29, 1.82) is 0 Å². The molecule has 33 nitrogen and oxygen atoms in total. The van der Waals surface area contributed by atoms with E-state index in [1.54, 1.807) is 63.8 Å². The van der Waals surface area contributed by atoms with Crippen molar-refractivity contribution >= 4 is 75.7 Å². The number of pyridine rings is 2. The molecule has 4 aliphatic rings. The molecule has 16 rings (SSSR count). The van der Waals surface area contributed by atoms with E-state index in [2.05, 4.69) is 187 Å². The summed E-state index contributed by atoms with van der Waals surface area (Å²) in [5, 5.41) is 32.5. The smallest absolute Gasteiger partial charge is 0.410 e. The van der Waals surface area contributed by atoms with Crippen LogP contribution in [-0.2, 0) is 38.1 Å². The van der Waals surface area contributed by atoms with Crippen LogP contribution in [0.5, 0.6) is 0 Å². The summed E-state index contributed by atoms with van der Waals surface area (Å²) in [7, 11) is 3.72. The highest BCUT2D eigenvalue weighted by molar-refractivity contribution is 5.94. The van der Waals surface area contributed by atoms with Gasteiger partial charge in [0.15, 0.2) is 6.04 Å². The van der Waals surface area contributed by atoms with E-state index < -0.39 is 60.1 Å². The number of imidazole rings is 4. The monoisotopic (exact) mass is 1750 g/mol. The number of rotatable bonds is 22. The lowest BCUT2D eigenvalue weighted by Crippen LogP contribution is -2.51. The van der Waals surface area contributed by atoms with Gasteiger partial charge in [0.25, 0.3) is 5.91 Å². The lowest BCUT2D eigenvalue weighted by Gasteiger charge is -2.30. The number of amides is 8. The summed E-state index contributed by atoms with van der Waals surface area (Å²) in [4.78, 5) is 159. The van der Waals surface area contributed by atoms with Crippen LogP contribution in [0.15, 0.2) is 195 Å². The number of alkyl carbamates (subject to hydrolysis) is 3. The number of H-pyrrole nitrogens is 4. The normalized spacial score (nSPS) is 17.0. The Hall–Kier alpha value is -14.8. The van der Waals surface area contributed by atoms with Gasteiger partial charge in [-0.25, -0.2) is 48.7 Å². The fraction of sp³-hybridized carbons (Fsp3) is 0.344. The van der Waals surface area contributed by atoms with Crippen molar-refractivity contribution in [2.24, 2.45) is 11.8 Å². The number of aliphatic carboxylic acids is 1. The fourth-order valence-electron chi connectivity index (χ4n) is 16.9. The number of aromatic nitrogens is 10. The molecule has 129 heavy (non-hydrogen) atoms. The van der Waals surface area contributed by atoms with E-state index in [1.807, 2.05) is 65.8 Å². The Morgan fingerprint density at radius 3 is 1.06 bits per heavy atom. The van der Waals surface area contributed by atoms with Crippen LogP contribution >= 0.6 is 0 Å². The van der Waals surface area contributed by atoms with Crippen LogP contribution in [0.3, 0.4) is 0 Å². The molecule has 10 heterocycles. The molecule has 8 atom stereocenters. The number of carboxylic acid groups (broad SMARTS) is 2. The molecule has 8 amide bonds. The third kappa shape index (κ3) is 21.3. The number of methoxy groups -OCH3 is 3. The van der Waals surface area contributed by atoms with Crippen molar-refractivity contribution in [3.63, 3.8) is 0 Å². The predicted molar refractivity (Wildman–Crippen MR) is 482 cm³/mol. The van der Waals surface area contributed by atoms with Crippen molar-refractivity contribution in [3.05, 3.63) is 230 Å². The molecule has 4 fully saturated rings. The standard InChI is InChI=1S/C46H49N9O6.C41H47N7O5.C9H10N2O4/c1-27(2)39(52-45(58)60-3)43(56)54-20-6-9-37(54)42-49-26-36(51-42)33-18-17-31-22-30(15-16-32(31)23-33)28-11-13-29(14-12-28)35-25-48-41(50-35)38-10-7-21-55(38)44(57)40(53-46(59)61-4)34-8-5-19-47-24-34;1-24(2)35(46-39(50)51)38(49)47-18-6-8-33(47)36-43-23-32(45-36)30-17-16-28-20-27(14-15-29(28)21-30)25-10-12-26(13-11-25)31-22-42-37(44-31)34-9-7-19-48(34)40(52)53-41(3,4)5;1-15-9(14)11-7(8(12)13)6-3-2-4-10-5-6/h5,8,11-19,22-27,37-40H,6-7,9-10,20-21H2,1-4H3,(H,48,50)(H,49,51)(H,52,58)(H,53,59);10-17,20-24,33-35,46H,6-9,18-19H2,1-5H3,(H,42,44)(H,43,45)(H,50,51);2-5,7H,1H3,(H,11,14)(H,12,13)/t37-,38-,39-,40?;33-,34-,35-;/m00./s1. The zero-order valence-corrected chi connectivity index (χ0v) is 73.4. The van der Waals surface area contributed by atoms with Crippen LogP contribution in [0, 0.1) is 11.8 Å². The molecule has 4 saturated heterocycles. The molecule has 0 saturated carbocycles. The molecular formula is C96H106N18O15. The molecule has 0 radical (unpaired) electrons. The first-order chi connectivity index (χ1) is 62.1. The van der Waals surface area contributed by atoms with Crippen molar-refractivity contribution in [2.75, 3.05) is 47.5 Å². The summed E-state index contributed by atoms with van der Waals surface area (Å²) in [6.45, 7) is 15.5. The highest BCUT2D eigenvalue weighted by Crippen LogP contribution is 2.41. The molecule has 33 heteroatoms. The van der Waals surface area contributed by atoms with Gasteiger partial charge in [0.05, 0.1) is 93.1 Å². The molecule has 0 aliphatic carbocycles. The summed E-state index contributed by atoms with van der Waals surface area (Å²) in [5.74, 6) is 0.816. The number of ether oxygens (including phenoxy) is 4. The van der Waals surface area contributed by atoms with Crippen molar-refractivity contribution in [3.8, 4) is 67.3 Å². The van der Waals surface area contributed by atoms with Crippen molar-refractivity contribution < 1.29 is 72.3 Å². The van der Waals surface area contributed by atoms with Crippen LogP contribution in [0.4, 0.5) is 24.0 Å². The van der Waals surface area contributed by atoms with Gasteiger partial charge in [-0.15, -0.1) is 0 Å². The van der Waals surface area contributed by atoms with Crippen LogP contribution in [-0.4, -0.2) is 199 Å². The Labute approximate surface area is 745 Å². The molecule has 670 valence electrons. The number of fused-ring (bicyclic) bond motifs is 2. The second kappa shape index (κ2) is 40.2. The second-order valence-electron chi connectivity index (χ2n) is 33.9. The lowest BCUT2D eigenvalue weighted by molar-refractivity contribution is -0.139. The Kier molecular flexibility index (Phi) is 28.2. The lowest BCUT2D eigenvalue weighted by atomic mass is 9.98. The molecule has 2 unspecified atom stereocenters. The third-order valence-electron chi connectivity index (χ3n) is 23.5. The molecule has 6 aromatic carbocycles. The first kappa shape index (κ1) is 90.5. The van der Waals surface area contributed by atoms with Gasteiger partial charge in [-0.05, 0) is 175 Å². The van der Waals surface area contributed by atoms with Crippen LogP contribution < -0.4 is 21.3 Å². The van der Waals surface area contributed by atoms with Crippen molar-refractivity contribution in [2.45, 2.75) is 154 Å². The number of carbonyl (C=O) groups excluding carboxylic acids is 7. The van der Waals surface area contributed by atoms with E-state index in [1.165, 1.54) is 26.6 Å². The zero-order valence-electron chi connectivity index (χ0n) is 73.4. The summed E-state index contributed by atoms with van der Waals surface area (Å²) >= 11 is 0. The van der Waals surface area contributed by atoms with Gasteiger partial charge >= 0.3 is 36.4 Å². The van der Waals surface area contributed by atoms with Crippen LogP contribution in [0.1, 0.15) is 171 Å². The Bertz CT molecular complexity index is 6010. The molecular weight excluding hydrogens is 1650 g/mol. The summed E-state index contributed by atoms with van der Waals surface area (Å²) in [6, 6.07) is 44.3. The van der Waals surface area contributed by atoms with Gasteiger partial charge in [-0.1, -0.05) is 137 Å². The highest BCUT2D eigenvalue weighted by atomic mass is 16.6. The number of nitrogens with one attached hydrogen (secondary N) is 8. The van der Waals surface area contributed by atoms with E-state index >= 15 is 0 Å². The van der Waals surface area contributed by atoms with Crippen LogP contribution in [0.25, 0.3) is 88.8 Å². The SMILES string of the molecule is CC(C)[C@H](NC(=O)O)C(=O)N1CCC[C@H]1c1ncc(-c2ccc3cc(-c4ccc(-c5cnc([C@@H]6CCCN6C(=O)OC(C)(C)C)[nH]5)cc4)ccc3c2)[nH]1.COC(=O)NC(C(=O)N1CCC[C@H]1c1ncc(-c2ccc(-c3ccc4cc(-c5cnc([C@@H]6CCCN6C(=O)[C@@H](NC(=O)OC)C(C)C)[nH]5)ccc4c3)cc2)[nH]1)c1cccnc1.COC(=O)NC(C(=O)O)c1cccnc1. The van der Waals surface area contributed by atoms with Gasteiger partial charge < -0.3 is 85.1 Å². The number of aromatic amines is 4. The minimum atomic E-state index is -1.20. The average molecular weight is 1750 g/mol. The Morgan fingerprint density at radius 1 is 0.388 bits per heavy atom. The maximum absolute atomic E-state index is 13.9. The minimum Gasteiger partial charge on any atom is -0.479 e. The van der Waals surface area contributed by atoms with Crippen molar-refractivity contribution in [1.82, 2.24) is 90.7 Å².